The van der Waals surface area contributed by atoms with Crippen LogP contribution in [0, 0.1) is 0 Å². The monoisotopic (exact) mass is 395 g/mol. The van der Waals surface area contributed by atoms with Crippen LogP contribution < -0.4 is 16.6 Å². The Morgan fingerprint density at radius 1 is 1.14 bits per heavy atom. The van der Waals surface area contributed by atoms with Crippen LogP contribution in [0.1, 0.15) is 13.3 Å². The number of anilines is 1. The summed E-state index contributed by atoms with van der Waals surface area (Å²) in [5, 5.41) is 2.85. The average Bonchev–Trinajstić information content (AvgIpc) is 3.30. The van der Waals surface area contributed by atoms with E-state index in [-0.39, 0.29) is 18.9 Å². The summed E-state index contributed by atoms with van der Waals surface area (Å²) in [5.41, 5.74) is 1.48. The number of para-hydroxylation sites is 2. The molecule has 10 nitrogen and oxygen atoms in total. The number of imidazole rings is 2. The van der Waals surface area contributed by atoms with Crippen LogP contribution >= 0.6 is 0 Å². The molecule has 4 rings (SSSR count). The van der Waals surface area contributed by atoms with Crippen LogP contribution in [0.15, 0.2) is 40.2 Å². The Morgan fingerprint density at radius 2 is 1.90 bits per heavy atom. The third-order valence-electron chi connectivity index (χ3n) is 5.02. The van der Waals surface area contributed by atoms with Crippen LogP contribution in [-0.2, 0) is 32.0 Å². The molecule has 0 saturated carbocycles. The average molecular weight is 395 g/mol. The van der Waals surface area contributed by atoms with Crippen LogP contribution in [0.25, 0.3) is 22.2 Å². The number of hydrogen-bond donors (Lipinski definition) is 1. The number of nitrogens with zero attached hydrogens (tertiary/aromatic N) is 6. The Hall–Kier alpha value is -3.69. The molecule has 0 aliphatic heterocycles. The molecule has 1 N–H and O–H groups in total. The maximum absolute atomic E-state index is 12.5. The van der Waals surface area contributed by atoms with Crippen molar-refractivity contribution in [3.05, 3.63) is 51.4 Å². The second kappa shape index (κ2) is 7.04. The lowest BCUT2D eigenvalue weighted by Crippen LogP contribution is -2.37. The predicted molar refractivity (Wildman–Crippen MR) is 109 cm³/mol. The van der Waals surface area contributed by atoms with E-state index in [1.165, 1.54) is 17.9 Å². The van der Waals surface area contributed by atoms with Crippen molar-refractivity contribution in [2.75, 3.05) is 5.32 Å². The molecule has 0 spiro atoms. The summed E-state index contributed by atoms with van der Waals surface area (Å²) in [5.74, 6) is 0.269. The van der Waals surface area contributed by atoms with Crippen LogP contribution in [0.2, 0.25) is 0 Å². The van der Waals surface area contributed by atoms with Gasteiger partial charge in [0.15, 0.2) is 11.2 Å². The zero-order chi connectivity index (χ0) is 20.7. The summed E-state index contributed by atoms with van der Waals surface area (Å²) in [7, 11) is 2.98. The Labute approximate surface area is 165 Å². The maximum Gasteiger partial charge on any atom is 0.332 e. The van der Waals surface area contributed by atoms with Crippen LogP contribution in [-0.4, -0.2) is 34.1 Å². The molecule has 0 unspecified atom stereocenters. The van der Waals surface area contributed by atoms with E-state index >= 15 is 0 Å². The summed E-state index contributed by atoms with van der Waals surface area (Å²) in [4.78, 5) is 45.7. The first-order valence-electron chi connectivity index (χ1n) is 9.28. The molecule has 0 aliphatic carbocycles. The number of carbonyl (C=O) groups excluding carboxylic acids is 1. The summed E-state index contributed by atoms with van der Waals surface area (Å²) in [6, 6.07) is 7.69. The molecule has 0 radical (unpaired) electrons. The summed E-state index contributed by atoms with van der Waals surface area (Å²) < 4.78 is 5.88. The zero-order valence-electron chi connectivity index (χ0n) is 16.4. The van der Waals surface area contributed by atoms with E-state index in [4.69, 9.17) is 0 Å². The van der Waals surface area contributed by atoms with E-state index in [1.54, 1.807) is 11.6 Å². The van der Waals surface area contributed by atoms with Gasteiger partial charge in [-0.1, -0.05) is 12.1 Å². The molecule has 150 valence electrons. The molecule has 0 atom stereocenters. The van der Waals surface area contributed by atoms with Gasteiger partial charge in [0, 0.05) is 33.6 Å². The fraction of sp³-hybridized carbons (Fsp3) is 0.316. The Bertz CT molecular complexity index is 1360. The van der Waals surface area contributed by atoms with Crippen molar-refractivity contribution in [3.8, 4) is 0 Å². The highest BCUT2D eigenvalue weighted by Crippen LogP contribution is 2.19. The van der Waals surface area contributed by atoms with Gasteiger partial charge in [-0.2, -0.15) is 0 Å². The van der Waals surface area contributed by atoms with E-state index in [0.29, 0.717) is 23.7 Å². The Kier molecular flexibility index (Phi) is 4.53. The van der Waals surface area contributed by atoms with E-state index in [0.717, 1.165) is 15.6 Å². The van der Waals surface area contributed by atoms with Gasteiger partial charge in [0.1, 0.15) is 0 Å². The minimum atomic E-state index is -0.441. The van der Waals surface area contributed by atoms with Crippen molar-refractivity contribution < 1.29 is 4.79 Å². The quantitative estimate of drug-likeness (QED) is 0.538. The van der Waals surface area contributed by atoms with E-state index in [2.05, 4.69) is 15.3 Å². The minimum absolute atomic E-state index is 0.129. The number of amides is 1. The Balaban J connectivity index is 1.57. The molecule has 0 fully saturated rings. The normalized spacial score (nSPS) is 11.4. The van der Waals surface area contributed by atoms with Gasteiger partial charge in [-0.3, -0.25) is 24.0 Å². The number of fused-ring (bicyclic) bond motifs is 2. The Morgan fingerprint density at radius 3 is 2.66 bits per heavy atom. The number of aromatic nitrogens is 6. The number of nitrogens with one attached hydrogen (secondary N) is 1. The molecule has 0 aliphatic rings. The molecule has 0 saturated heterocycles. The topological polar surface area (TPSA) is 109 Å². The first kappa shape index (κ1) is 18.7. The van der Waals surface area contributed by atoms with Gasteiger partial charge in [0.25, 0.3) is 5.56 Å². The molecule has 3 aromatic heterocycles. The third kappa shape index (κ3) is 3.02. The molecule has 3 heterocycles. The highest BCUT2D eigenvalue weighted by molar-refractivity contribution is 5.91. The van der Waals surface area contributed by atoms with Gasteiger partial charge in [0.2, 0.25) is 11.9 Å². The number of carbonyl (C=O) groups is 1. The first-order valence-corrected chi connectivity index (χ1v) is 9.28. The largest absolute Gasteiger partial charge is 0.332 e. The van der Waals surface area contributed by atoms with Gasteiger partial charge in [-0.05, 0) is 19.1 Å². The first-order chi connectivity index (χ1) is 13.9. The highest BCUT2D eigenvalue weighted by Gasteiger charge is 2.16. The second-order valence-corrected chi connectivity index (χ2v) is 6.78. The van der Waals surface area contributed by atoms with Gasteiger partial charge in [0.05, 0.1) is 17.4 Å². The highest BCUT2D eigenvalue weighted by atomic mass is 16.2. The fourth-order valence-corrected chi connectivity index (χ4v) is 3.47. The van der Waals surface area contributed by atoms with E-state index in [1.807, 2.05) is 35.8 Å². The molecular formula is C19H21N7O3. The molecule has 4 aromatic rings. The summed E-state index contributed by atoms with van der Waals surface area (Å²) in [6.07, 6.45) is 1.60. The lowest BCUT2D eigenvalue weighted by atomic mass is 10.3. The molecule has 1 aromatic carbocycles. The van der Waals surface area contributed by atoms with Crippen molar-refractivity contribution in [2.24, 2.45) is 14.1 Å². The fourth-order valence-electron chi connectivity index (χ4n) is 3.47. The molecule has 1 amide bonds. The lowest BCUT2D eigenvalue weighted by molar-refractivity contribution is -0.116. The van der Waals surface area contributed by atoms with Crippen molar-refractivity contribution in [2.45, 2.75) is 26.4 Å². The minimum Gasteiger partial charge on any atom is -0.324 e. The third-order valence-corrected chi connectivity index (χ3v) is 5.02. The standard InChI is InChI=1S/C19H21N7O3/c1-4-26-13-8-6-5-7-12(13)21-18(26)22-14(27)9-10-25-11-20-16-15(25)17(28)24(3)19(29)23(16)2/h5-8,11H,4,9-10H2,1-3H3,(H,21,22,27). The van der Waals surface area contributed by atoms with Crippen molar-refractivity contribution >= 4 is 34.1 Å². The van der Waals surface area contributed by atoms with Crippen molar-refractivity contribution in [1.82, 2.24) is 28.2 Å². The van der Waals surface area contributed by atoms with Crippen LogP contribution in [0.5, 0.6) is 0 Å². The number of benzene rings is 1. The van der Waals surface area contributed by atoms with Crippen molar-refractivity contribution in [1.29, 1.82) is 0 Å². The van der Waals surface area contributed by atoms with Gasteiger partial charge < -0.3 is 9.13 Å². The zero-order valence-corrected chi connectivity index (χ0v) is 16.4. The maximum atomic E-state index is 12.5. The summed E-state index contributed by atoms with van der Waals surface area (Å²) >= 11 is 0. The second-order valence-electron chi connectivity index (χ2n) is 6.78. The number of rotatable bonds is 5. The van der Waals surface area contributed by atoms with E-state index < -0.39 is 11.2 Å². The predicted octanol–water partition coefficient (Wildman–Crippen LogP) is 0.832. The molecule has 10 heteroatoms. The lowest BCUT2D eigenvalue weighted by Gasteiger charge is -2.09. The molecular weight excluding hydrogens is 374 g/mol. The summed E-state index contributed by atoms with van der Waals surface area (Å²) in [6.45, 7) is 2.91. The SMILES string of the molecule is CCn1c(NC(=O)CCn2cnc3c2c(=O)n(C)c(=O)n3C)nc2ccccc21. The van der Waals surface area contributed by atoms with E-state index in [9.17, 15) is 14.4 Å². The van der Waals surface area contributed by atoms with Gasteiger partial charge in [-0.15, -0.1) is 0 Å². The molecule has 29 heavy (non-hydrogen) atoms. The smallest absolute Gasteiger partial charge is 0.324 e. The van der Waals surface area contributed by atoms with Gasteiger partial charge >= 0.3 is 5.69 Å². The van der Waals surface area contributed by atoms with Gasteiger partial charge in [-0.25, -0.2) is 14.8 Å². The van der Waals surface area contributed by atoms with Crippen molar-refractivity contribution in [3.63, 3.8) is 0 Å². The number of aryl methyl sites for hydroxylation is 3. The van der Waals surface area contributed by atoms with Crippen LogP contribution in [0.3, 0.4) is 0 Å². The molecule has 0 bridgehead atoms. The van der Waals surface area contributed by atoms with Crippen LogP contribution in [0.4, 0.5) is 5.95 Å². The number of hydrogen-bond acceptors (Lipinski definition) is 5.